The summed E-state index contributed by atoms with van der Waals surface area (Å²) >= 11 is 0. The van der Waals surface area contributed by atoms with E-state index >= 15 is 0 Å². The molecule has 3 fully saturated rings. The standard InChI is InChI=1S/C15H27N3O/c19-14(18-10-4-5-11-18)17-13-6-9-16-15(12-13)7-2-1-3-8-15/h13,16H,1-12H2,(H,17,19). The van der Waals surface area contributed by atoms with Gasteiger partial charge in [-0.2, -0.15) is 0 Å². The highest BCUT2D eigenvalue weighted by Gasteiger charge is 2.37. The lowest BCUT2D eigenvalue weighted by molar-refractivity contribution is 0.151. The highest BCUT2D eigenvalue weighted by molar-refractivity contribution is 5.74. The van der Waals surface area contributed by atoms with Crippen LogP contribution in [-0.4, -0.2) is 42.1 Å². The van der Waals surface area contributed by atoms with Crippen LogP contribution in [0.3, 0.4) is 0 Å². The normalized spacial score (nSPS) is 30.5. The topological polar surface area (TPSA) is 44.4 Å². The van der Waals surface area contributed by atoms with Crippen molar-refractivity contribution in [3.8, 4) is 0 Å². The van der Waals surface area contributed by atoms with Crippen molar-refractivity contribution in [3.05, 3.63) is 0 Å². The monoisotopic (exact) mass is 265 g/mol. The van der Waals surface area contributed by atoms with Gasteiger partial charge in [0.1, 0.15) is 0 Å². The smallest absolute Gasteiger partial charge is 0.317 e. The van der Waals surface area contributed by atoms with Gasteiger partial charge in [-0.15, -0.1) is 0 Å². The Bertz CT molecular complexity index is 314. The maximum absolute atomic E-state index is 12.2. The minimum Gasteiger partial charge on any atom is -0.335 e. The zero-order chi connectivity index (χ0) is 13.1. The summed E-state index contributed by atoms with van der Waals surface area (Å²) in [5.41, 5.74) is 0.333. The molecule has 1 saturated carbocycles. The molecule has 108 valence electrons. The number of nitrogens with zero attached hydrogens (tertiary/aromatic N) is 1. The summed E-state index contributed by atoms with van der Waals surface area (Å²) in [7, 11) is 0. The molecule has 3 aliphatic rings. The molecule has 1 atom stereocenters. The number of urea groups is 1. The van der Waals surface area contributed by atoms with Crippen LogP contribution in [0.5, 0.6) is 0 Å². The third kappa shape index (κ3) is 3.04. The first-order valence-corrected chi connectivity index (χ1v) is 8.08. The van der Waals surface area contributed by atoms with Crippen molar-refractivity contribution in [2.45, 2.75) is 69.4 Å². The average Bonchev–Trinajstić information content (AvgIpc) is 2.93. The van der Waals surface area contributed by atoms with Gasteiger partial charge in [-0.25, -0.2) is 4.79 Å². The van der Waals surface area contributed by atoms with Crippen LogP contribution in [0.15, 0.2) is 0 Å². The second-order valence-electron chi connectivity index (χ2n) is 6.60. The van der Waals surface area contributed by atoms with Gasteiger partial charge < -0.3 is 15.5 Å². The number of likely N-dealkylation sites (tertiary alicyclic amines) is 1. The predicted molar refractivity (Wildman–Crippen MR) is 76.2 cm³/mol. The van der Waals surface area contributed by atoms with Crippen molar-refractivity contribution in [1.82, 2.24) is 15.5 Å². The average molecular weight is 265 g/mol. The first-order valence-electron chi connectivity index (χ1n) is 8.08. The molecule has 2 heterocycles. The van der Waals surface area contributed by atoms with Gasteiger partial charge in [0.15, 0.2) is 0 Å². The number of piperidine rings is 1. The van der Waals surface area contributed by atoms with E-state index < -0.39 is 0 Å². The summed E-state index contributed by atoms with van der Waals surface area (Å²) in [6.07, 6.45) is 11.2. The molecule has 0 bridgehead atoms. The molecule has 2 N–H and O–H groups in total. The van der Waals surface area contributed by atoms with Gasteiger partial charge in [0.2, 0.25) is 0 Å². The van der Waals surface area contributed by atoms with Gasteiger partial charge in [0, 0.05) is 24.7 Å². The number of hydrogen-bond acceptors (Lipinski definition) is 2. The first kappa shape index (κ1) is 13.2. The summed E-state index contributed by atoms with van der Waals surface area (Å²) in [5, 5.41) is 7.02. The Balaban J connectivity index is 1.54. The quantitative estimate of drug-likeness (QED) is 0.764. The number of amides is 2. The molecule has 1 unspecified atom stereocenters. The Morgan fingerprint density at radius 1 is 1.11 bits per heavy atom. The highest BCUT2D eigenvalue weighted by Crippen LogP contribution is 2.34. The van der Waals surface area contributed by atoms with Crippen molar-refractivity contribution in [3.63, 3.8) is 0 Å². The zero-order valence-corrected chi connectivity index (χ0v) is 11.9. The molecule has 1 aliphatic carbocycles. The van der Waals surface area contributed by atoms with Gasteiger partial charge in [-0.3, -0.25) is 0 Å². The van der Waals surface area contributed by atoms with E-state index in [-0.39, 0.29) is 6.03 Å². The fraction of sp³-hybridized carbons (Fsp3) is 0.933. The molecule has 0 aromatic rings. The van der Waals surface area contributed by atoms with E-state index in [1.54, 1.807) is 0 Å². The molecule has 0 radical (unpaired) electrons. The van der Waals surface area contributed by atoms with Crippen LogP contribution in [0.4, 0.5) is 4.79 Å². The molecule has 0 aromatic heterocycles. The van der Waals surface area contributed by atoms with Crippen LogP contribution >= 0.6 is 0 Å². The minimum absolute atomic E-state index is 0.176. The number of carbonyl (C=O) groups is 1. The van der Waals surface area contributed by atoms with Crippen molar-refractivity contribution in [2.75, 3.05) is 19.6 Å². The van der Waals surface area contributed by atoms with Crippen molar-refractivity contribution in [2.24, 2.45) is 0 Å². The molecule has 19 heavy (non-hydrogen) atoms. The van der Waals surface area contributed by atoms with E-state index in [9.17, 15) is 4.79 Å². The maximum atomic E-state index is 12.2. The van der Waals surface area contributed by atoms with Crippen LogP contribution in [0.1, 0.15) is 57.8 Å². The number of rotatable bonds is 1. The fourth-order valence-electron chi connectivity index (χ4n) is 4.08. The summed E-state index contributed by atoms with van der Waals surface area (Å²) < 4.78 is 0. The van der Waals surface area contributed by atoms with Gasteiger partial charge in [-0.1, -0.05) is 19.3 Å². The third-order valence-corrected chi connectivity index (χ3v) is 5.16. The SMILES string of the molecule is O=C(NC1CCNC2(CCCCC2)C1)N1CCCC1. The van der Waals surface area contributed by atoms with Crippen molar-refractivity contribution in [1.29, 1.82) is 0 Å². The van der Waals surface area contributed by atoms with Gasteiger partial charge in [0.25, 0.3) is 0 Å². The van der Waals surface area contributed by atoms with Crippen LogP contribution in [0, 0.1) is 0 Å². The number of nitrogens with one attached hydrogen (secondary N) is 2. The van der Waals surface area contributed by atoms with Gasteiger partial charge in [0.05, 0.1) is 0 Å². The van der Waals surface area contributed by atoms with Crippen molar-refractivity contribution < 1.29 is 4.79 Å². The van der Waals surface area contributed by atoms with E-state index in [0.29, 0.717) is 11.6 Å². The second-order valence-corrected chi connectivity index (χ2v) is 6.60. The molecule has 4 heteroatoms. The molecule has 2 aliphatic heterocycles. The fourth-order valence-corrected chi connectivity index (χ4v) is 4.08. The minimum atomic E-state index is 0.176. The van der Waals surface area contributed by atoms with E-state index in [2.05, 4.69) is 10.6 Å². The second kappa shape index (κ2) is 5.70. The molecule has 0 aromatic carbocycles. The predicted octanol–water partition coefficient (Wildman–Crippen LogP) is 2.25. The molecular formula is C15H27N3O. The first-order chi connectivity index (χ1) is 9.27. The lowest BCUT2D eigenvalue weighted by atomic mass is 9.75. The van der Waals surface area contributed by atoms with E-state index in [1.807, 2.05) is 4.90 Å². The summed E-state index contributed by atoms with van der Waals surface area (Å²) in [4.78, 5) is 14.2. The Hall–Kier alpha value is -0.770. The largest absolute Gasteiger partial charge is 0.335 e. The summed E-state index contributed by atoms with van der Waals surface area (Å²) in [6, 6.07) is 0.558. The third-order valence-electron chi connectivity index (χ3n) is 5.16. The molecular weight excluding hydrogens is 238 g/mol. The van der Waals surface area contributed by atoms with Gasteiger partial charge >= 0.3 is 6.03 Å². The van der Waals surface area contributed by atoms with Crippen LogP contribution in [-0.2, 0) is 0 Å². The maximum Gasteiger partial charge on any atom is 0.317 e. The zero-order valence-electron chi connectivity index (χ0n) is 11.9. The Morgan fingerprint density at radius 3 is 2.58 bits per heavy atom. The van der Waals surface area contributed by atoms with E-state index in [1.165, 1.54) is 44.9 Å². The van der Waals surface area contributed by atoms with Gasteiger partial charge in [-0.05, 0) is 45.1 Å². The molecule has 3 rings (SSSR count). The Labute approximate surface area is 116 Å². The van der Waals surface area contributed by atoms with Crippen LogP contribution < -0.4 is 10.6 Å². The number of carbonyl (C=O) groups excluding carboxylic acids is 1. The van der Waals surface area contributed by atoms with Crippen molar-refractivity contribution >= 4 is 6.03 Å². The Morgan fingerprint density at radius 2 is 1.84 bits per heavy atom. The number of hydrogen-bond donors (Lipinski definition) is 2. The molecule has 1 spiro atoms. The molecule has 2 amide bonds. The highest BCUT2D eigenvalue weighted by atomic mass is 16.2. The van der Waals surface area contributed by atoms with Crippen LogP contribution in [0.2, 0.25) is 0 Å². The molecule has 2 saturated heterocycles. The summed E-state index contributed by atoms with van der Waals surface area (Å²) in [6.45, 7) is 2.95. The Kier molecular flexibility index (Phi) is 3.96. The molecule has 4 nitrogen and oxygen atoms in total. The van der Waals surface area contributed by atoms with Crippen LogP contribution in [0.25, 0.3) is 0 Å². The lowest BCUT2D eigenvalue weighted by Gasteiger charge is -2.45. The van der Waals surface area contributed by atoms with E-state index in [0.717, 1.165) is 32.5 Å². The lowest BCUT2D eigenvalue weighted by Crippen LogP contribution is -2.58. The van der Waals surface area contributed by atoms with E-state index in [4.69, 9.17) is 0 Å². The summed E-state index contributed by atoms with van der Waals surface area (Å²) in [5.74, 6) is 0.